The normalized spacial score (nSPS) is 20.5. The number of rotatable bonds is 4. The molecule has 1 aliphatic rings. The summed E-state index contributed by atoms with van der Waals surface area (Å²) >= 11 is 7.67. The third-order valence-corrected chi connectivity index (χ3v) is 6.92. The minimum atomic E-state index is -3.08. The fourth-order valence-corrected chi connectivity index (χ4v) is 5.46. The number of hydrogen-bond donors (Lipinski definition) is 0. The Labute approximate surface area is 124 Å². The number of sulfone groups is 1. The lowest BCUT2D eigenvalue weighted by molar-refractivity contribution is 0.579. The molecule has 2 rings (SSSR count). The van der Waals surface area contributed by atoms with Crippen LogP contribution in [0.25, 0.3) is 0 Å². The van der Waals surface area contributed by atoms with Crippen LogP contribution in [0.3, 0.4) is 0 Å². The van der Waals surface area contributed by atoms with Crippen molar-refractivity contribution in [2.24, 2.45) is 0 Å². The summed E-state index contributed by atoms with van der Waals surface area (Å²) in [5.41, 5.74) is 1.95. The van der Waals surface area contributed by atoms with Gasteiger partial charge in [0.25, 0.3) is 0 Å². The zero-order valence-electron chi connectivity index (χ0n) is 10.9. The molecule has 0 aliphatic carbocycles. The van der Waals surface area contributed by atoms with E-state index >= 15 is 0 Å². The van der Waals surface area contributed by atoms with Crippen molar-refractivity contribution in [3.63, 3.8) is 0 Å². The summed E-state index contributed by atoms with van der Waals surface area (Å²) < 4.78 is 24.5. The maximum atomic E-state index is 12.2. The molecule has 0 saturated carbocycles. The van der Waals surface area contributed by atoms with Gasteiger partial charge in [-0.25, -0.2) is 8.42 Å². The Morgan fingerprint density at radius 3 is 2.84 bits per heavy atom. The van der Waals surface area contributed by atoms with Gasteiger partial charge in [-0.1, -0.05) is 25.1 Å². The van der Waals surface area contributed by atoms with E-state index in [1.807, 2.05) is 29.2 Å². The topological polar surface area (TPSA) is 37.4 Å². The Morgan fingerprint density at radius 1 is 1.42 bits per heavy atom. The second-order valence-corrected chi connectivity index (χ2v) is 8.30. The number of nitrogens with zero attached hydrogens (tertiary/aromatic N) is 1. The molecule has 19 heavy (non-hydrogen) atoms. The molecule has 1 aromatic carbocycles. The minimum Gasteiger partial charge on any atom is -0.353 e. The Morgan fingerprint density at radius 2 is 2.16 bits per heavy atom. The van der Waals surface area contributed by atoms with Crippen molar-refractivity contribution in [2.45, 2.75) is 18.2 Å². The summed E-state index contributed by atoms with van der Waals surface area (Å²) in [5, 5.41) is -0.430. The highest BCUT2D eigenvalue weighted by atomic mass is 35.5. The first-order chi connectivity index (χ1) is 9.10. The molecule has 1 saturated heterocycles. The lowest BCUT2D eigenvalue weighted by atomic mass is 10.2. The SMILES string of the molecule is CCS(=O)(=O)C1CSCCN1c1ccccc1CCl. The first-order valence-corrected chi connectivity index (χ1v) is 9.70. The fraction of sp³-hybridized carbons (Fsp3) is 0.538. The number of benzene rings is 1. The van der Waals surface area contributed by atoms with Crippen molar-refractivity contribution in [1.29, 1.82) is 0 Å². The molecule has 1 heterocycles. The first kappa shape index (κ1) is 15.0. The number of para-hydroxylation sites is 1. The van der Waals surface area contributed by atoms with Crippen molar-refractivity contribution >= 4 is 38.9 Å². The van der Waals surface area contributed by atoms with Gasteiger partial charge in [0.15, 0.2) is 9.84 Å². The van der Waals surface area contributed by atoms with Crippen molar-refractivity contribution in [2.75, 3.05) is 28.7 Å². The molecule has 1 aliphatic heterocycles. The van der Waals surface area contributed by atoms with Gasteiger partial charge in [0.2, 0.25) is 0 Å². The molecular formula is C13H18ClNO2S2. The van der Waals surface area contributed by atoms with Gasteiger partial charge in [-0.3, -0.25) is 0 Å². The molecule has 0 N–H and O–H groups in total. The van der Waals surface area contributed by atoms with Crippen LogP contribution in [0.2, 0.25) is 0 Å². The van der Waals surface area contributed by atoms with Crippen LogP contribution >= 0.6 is 23.4 Å². The molecule has 0 spiro atoms. The van der Waals surface area contributed by atoms with Crippen LogP contribution in [-0.4, -0.2) is 37.6 Å². The largest absolute Gasteiger partial charge is 0.353 e. The lowest BCUT2D eigenvalue weighted by Gasteiger charge is -2.37. The summed E-state index contributed by atoms with van der Waals surface area (Å²) in [4.78, 5) is 2.01. The van der Waals surface area contributed by atoms with E-state index in [0.29, 0.717) is 11.6 Å². The monoisotopic (exact) mass is 319 g/mol. The molecule has 0 radical (unpaired) electrons. The third kappa shape index (κ3) is 3.20. The Hall–Kier alpha value is -0.390. The Balaban J connectivity index is 2.40. The van der Waals surface area contributed by atoms with Gasteiger partial charge in [0.1, 0.15) is 5.37 Å². The second kappa shape index (κ2) is 6.37. The molecule has 1 fully saturated rings. The van der Waals surface area contributed by atoms with Crippen LogP contribution in [0.15, 0.2) is 24.3 Å². The third-order valence-electron chi connectivity index (χ3n) is 3.35. The number of halogens is 1. The van der Waals surface area contributed by atoms with Crippen LogP contribution in [0.1, 0.15) is 12.5 Å². The summed E-state index contributed by atoms with van der Waals surface area (Å²) in [6.07, 6.45) is 0. The maximum Gasteiger partial charge on any atom is 0.171 e. The molecule has 3 nitrogen and oxygen atoms in total. The Kier molecular flexibility index (Phi) is 5.03. The number of hydrogen-bond acceptors (Lipinski definition) is 4. The van der Waals surface area contributed by atoms with Gasteiger partial charge in [0, 0.05) is 35.4 Å². The molecule has 0 aromatic heterocycles. The number of thioether (sulfide) groups is 1. The Bertz CT molecular complexity index is 533. The predicted molar refractivity (Wildman–Crippen MR) is 83.9 cm³/mol. The summed E-state index contributed by atoms with van der Waals surface area (Å²) in [5.74, 6) is 2.16. The molecule has 0 amide bonds. The van der Waals surface area contributed by atoms with Gasteiger partial charge in [0.05, 0.1) is 0 Å². The molecule has 0 bridgehead atoms. The average molecular weight is 320 g/mol. The standard InChI is InChI=1S/C13H18ClNO2S2/c1-2-19(16,17)13-10-18-8-7-15(13)12-6-4-3-5-11(12)9-14/h3-6,13H,2,7-10H2,1H3. The highest BCUT2D eigenvalue weighted by Crippen LogP contribution is 2.30. The molecule has 6 heteroatoms. The molecule has 1 aromatic rings. The van der Waals surface area contributed by atoms with Crippen molar-refractivity contribution in [3.05, 3.63) is 29.8 Å². The van der Waals surface area contributed by atoms with Crippen molar-refractivity contribution in [1.82, 2.24) is 0 Å². The van der Waals surface area contributed by atoms with E-state index in [-0.39, 0.29) is 5.75 Å². The van der Waals surface area contributed by atoms with Crippen LogP contribution in [0.5, 0.6) is 0 Å². The van der Waals surface area contributed by atoms with Gasteiger partial charge < -0.3 is 4.90 Å². The maximum absolute atomic E-state index is 12.2. The average Bonchev–Trinajstić information content (AvgIpc) is 2.47. The zero-order valence-corrected chi connectivity index (χ0v) is 13.3. The fourth-order valence-electron chi connectivity index (χ4n) is 2.25. The predicted octanol–water partition coefficient (Wildman–Crippen LogP) is 2.74. The van der Waals surface area contributed by atoms with E-state index in [9.17, 15) is 8.42 Å². The summed E-state index contributed by atoms with van der Waals surface area (Å²) in [6.45, 7) is 2.46. The molecule has 1 unspecified atom stereocenters. The summed E-state index contributed by atoms with van der Waals surface area (Å²) in [6, 6.07) is 7.79. The smallest absolute Gasteiger partial charge is 0.171 e. The summed E-state index contributed by atoms with van der Waals surface area (Å²) in [7, 11) is -3.08. The van der Waals surface area contributed by atoms with Crippen LogP contribution in [-0.2, 0) is 15.7 Å². The zero-order chi connectivity index (χ0) is 13.9. The minimum absolute atomic E-state index is 0.178. The number of alkyl halides is 1. The van der Waals surface area contributed by atoms with E-state index in [2.05, 4.69) is 0 Å². The van der Waals surface area contributed by atoms with E-state index < -0.39 is 15.2 Å². The van der Waals surface area contributed by atoms with Gasteiger partial charge in [-0.05, 0) is 11.6 Å². The number of anilines is 1. The van der Waals surface area contributed by atoms with Gasteiger partial charge in [-0.15, -0.1) is 11.6 Å². The lowest BCUT2D eigenvalue weighted by Crippen LogP contribution is -2.48. The van der Waals surface area contributed by atoms with Gasteiger partial charge >= 0.3 is 0 Å². The quantitative estimate of drug-likeness (QED) is 0.800. The highest BCUT2D eigenvalue weighted by molar-refractivity contribution is 8.01. The van der Waals surface area contributed by atoms with Crippen LogP contribution < -0.4 is 4.90 Å². The van der Waals surface area contributed by atoms with E-state index in [4.69, 9.17) is 11.6 Å². The highest BCUT2D eigenvalue weighted by Gasteiger charge is 2.33. The van der Waals surface area contributed by atoms with E-state index in [0.717, 1.165) is 23.5 Å². The van der Waals surface area contributed by atoms with Crippen LogP contribution in [0, 0.1) is 0 Å². The van der Waals surface area contributed by atoms with Crippen molar-refractivity contribution < 1.29 is 8.42 Å². The second-order valence-electron chi connectivity index (χ2n) is 4.44. The first-order valence-electron chi connectivity index (χ1n) is 6.30. The van der Waals surface area contributed by atoms with Gasteiger partial charge in [-0.2, -0.15) is 11.8 Å². The van der Waals surface area contributed by atoms with Crippen molar-refractivity contribution in [3.8, 4) is 0 Å². The molecular weight excluding hydrogens is 302 g/mol. The molecule has 106 valence electrons. The van der Waals surface area contributed by atoms with Crippen LogP contribution in [0.4, 0.5) is 5.69 Å². The van der Waals surface area contributed by atoms with E-state index in [1.54, 1.807) is 18.7 Å². The molecule has 1 atom stereocenters. The van der Waals surface area contributed by atoms with E-state index in [1.165, 1.54) is 0 Å².